The van der Waals surface area contributed by atoms with Gasteiger partial charge in [0, 0.05) is 23.8 Å². The van der Waals surface area contributed by atoms with Crippen LogP contribution in [-0.2, 0) is 33.6 Å². The monoisotopic (exact) mass is 259 g/mol. The van der Waals surface area contributed by atoms with Gasteiger partial charge in [-0.15, -0.1) is 0 Å². The third kappa shape index (κ3) is 2.01. The molecule has 0 radical (unpaired) electrons. The molecule has 5 heteroatoms. The van der Waals surface area contributed by atoms with Crippen molar-refractivity contribution in [3.8, 4) is 0 Å². The zero-order valence-corrected chi connectivity index (χ0v) is 10.6. The molecule has 0 amide bonds. The molecule has 19 heavy (non-hydrogen) atoms. The molecule has 0 N–H and O–H groups in total. The van der Waals surface area contributed by atoms with Gasteiger partial charge in [0.2, 0.25) is 0 Å². The van der Waals surface area contributed by atoms with Crippen molar-refractivity contribution in [3.05, 3.63) is 29.0 Å². The maximum absolute atomic E-state index is 11.5. The van der Waals surface area contributed by atoms with Gasteiger partial charge in [-0.05, 0) is 18.6 Å². The summed E-state index contributed by atoms with van der Waals surface area (Å²) in [5, 5.41) is 4.73. The molecule has 0 fully saturated rings. The maximum atomic E-state index is 11.5. The van der Waals surface area contributed by atoms with Crippen LogP contribution in [0.25, 0.3) is 11.0 Å². The Labute approximate surface area is 109 Å². The van der Waals surface area contributed by atoms with Crippen molar-refractivity contribution >= 4 is 22.7 Å². The van der Waals surface area contributed by atoms with Gasteiger partial charge in [-0.2, -0.15) is 0 Å². The Morgan fingerprint density at radius 2 is 2.26 bits per heavy atom. The summed E-state index contributed by atoms with van der Waals surface area (Å²) in [4.78, 5) is 23.0. The second kappa shape index (κ2) is 4.50. The van der Waals surface area contributed by atoms with Crippen LogP contribution in [0, 0.1) is 0 Å². The van der Waals surface area contributed by atoms with Crippen molar-refractivity contribution < 1.29 is 18.8 Å². The molecule has 1 aromatic heterocycles. The number of rotatable bonds is 3. The fourth-order valence-corrected chi connectivity index (χ4v) is 2.46. The first kappa shape index (κ1) is 11.9. The van der Waals surface area contributed by atoms with Crippen LogP contribution in [-0.4, -0.2) is 23.5 Å². The van der Waals surface area contributed by atoms with E-state index < -0.39 is 0 Å². The third-order valence-electron chi connectivity index (χ3n) is 3.29. The standard InChI is InChI=1S/C14H13NO4/c1-2-18-13(17)7-12-10-4-3-8-5-9(16)6-11(8)14(10)19-15-12/h3-4H,2,5-7H2,1H3. The molecular formula is C14H13NO4. The minimum Gasteiger partial charge on any atom is -0.466 e. The SMILES string of the molecule is CCOC(=O)Cc1noc2c3c(ccc12)CC(=O)C3. The molecule has 3 rings (SSSR count). The van der Waals surface area contributed by atoms with Crippen LogP contribution in [0.5, 0.6) is 0 Å². The topological polar surface area (TPSA) is 69.4 Å². The smallest absolute Gasteiger partial charge is 0.312 e. The fourth-order valence-electron chi connectivity index (χ4n) is 2.46. The van der Waals surface area contributed by atoms with Crippen LogP contribution in [0.2, 0.25) is 0 Å². The Morgan fingerprint density at radius 3 is 3.05 bits per heavy atom. The number of hydrogen-bond acceptors (Lipinski definition) is 5. The highest BCUT2D eigenvalue weighted by molar-refractivity contribution is 5.96. The van der Waals surface area contributed by atoms with Crippen molar-refractivity contribution in [2.24, 2.45) is 0 Å². The molecule has 1 heterocycles. The number of aromatic nitrogens is 1. The zero-order valence-electron chi connectivity index (χ0n) is 10.6. The highest BCUT2D eigenvalue weighted by Gasteiger charge is 2.24. The van der Waals surface area contributed by atoms with E-state index in [0.717, 1.165) is 16.5 Å². The largest absolute Gasteiger partial charge is 0.466 e. The number of esters is 1. The molecule has 0 unspecified atom stereocenters. The number of nitrogens with zero attached hydrogens (tertiary/aromatic N) is 1. The number of hydrogen-bond donors (Lipinski definition) is 0. The van der Waals surface area contributed by atoms with E-state index in [1.807, 2.05) is 12.1 Å². The number of ether oxygens (including phenoxy) is 1. The van der Waals surface area contributed by atoms with E-state index in [0.29, 0.717) is 30.7 Å². The molecule has 2 aromatic rings. The molecule has 0 saturated heterocycles. The number of carbonyl (C=O) groups excluding carboxylic acids is 2. The van der Waals surface area contributed by atoms with E-state index in [-0.39, 0.29) is 18.2 Å². The number of carbonyl (C=O) groups is 2. The Hall–Kier alpha value is -2.17. The Morgan fingerprint density at radius 1 is 1.42 bits per heavy atom. The maximum Gasteiger partial charge on any atom is 0.312 e. The zero-order chi connectivity index (χ0) is 13.4. The molecule has 1 aromatic carbocycles. The first-order valence-corrected chi connectivity index (χ1v) is 6.25. The summed E-state index contributed by atoms with van der Waals surface area (Å²) >= 11 is 0. The molecule has 0 aliphatic heterocycles. The number of Topliss-reactive ketones (excluding diaryl/α,β-unsaturated/α-hetero) is 1. The minimum absolute atomic E-state index is 0.0908. The predicted octanol–water partition coefficient (Wildman–Crippen LogP) is 1.60. The summed E-state index contributed by atoms with van der Waals surface area (Å²) in [5.41, 5.74) is 3.10. The third-order valence-corrected chi connectivity index (χ3v) is 3.29. The van der Waals surface area contributed by atoms with Crippen LogP contribution in [0.4, 0.5) is 0 Å². The average molecular weight is 259 g/mol. The quantitative estimate of drug-likeness (QED) is 0.783. The molecule has 1 aliphatic rings. The number of ketones is 1. The van der Waals surface area contributed by atoms with Gasteiger partial charge in [0.15, 0.2) is 5.58 Å². The molecule has 98 valence electrons. The number of benzene rings is 1. The lowest BCUT2D eigenvalue weighted by Gasteiger charge is -2.00. The molecule has 0 saturated carbocycles. The first-order chi connectivity index (χ1) is 9.19. The predicted molar refractivity (Wildman–Crippen MR) is 66.8 cm³/mol. The van der Waals surface area contributed by atoms with E-state index in [1.54, 1.807) is 6.92 Å². The van der Waals surface area contributed by atoms with E-state index in [2.05, 4.69) is 5.16 Å². The highest BCUT2D eigenvalue weighted by Crippen LogP contribution is 2.30. The van der Waals surface area contributed by atoms with E-state index >= 15 is 0 Å². The minimum atomic E-state index is -0.325. The fraction of sp³-hybridized carbons (Fsp3) is 0.357. The lowest BCUT2D eigenvalue weighted by atomic mass is 10.1. The van der Waals surface area contributed by atoms with Gasteiger partial charge >= 0.3 is 5.97 Å². The van der Waals surface area contributed by atoms with Crippen molar-refractivity contribution in [1.82, 2.24) is 5.16 Å². The van der Waals surface area contributed by atoms with Crippen molar-refractivity contribution in [3.63, 3.8) is 0 Å². The first-order valence-electron chi connectivity index (χ1n) is 6.25. The molecule has 5 nitrogen and oxygen atoms in total. The van der Waals surface area contributed by atoms with Gasteiger partial charge in [0.1, 0.15) is 11.5 Å². The van der Waals surface area contributed by atoms with Crippen LogP contribution in [0.15, 0.2) is 16.7 Å². The molecule has 0 spiro atoms. The van der Waals surface area contributed by atoms with Gasteiger partial charge in [-0.1, -0.05) is 11.2 Å². The van der Waals surface area contributed by atoms with E-state index in [4.69, 9.17) is 9.26 Å². The van der Waals surface area contributed by atoms with Crippen LogP contribution < -0.4 is 0 Å². The Balaban J connectivity index is 1.99. The summed E-state index contributed by atoms with van der Waals surface area (Å²) < 4.78 is 10.2. The highest BCUT2D eigenvalue weighted by atomic mass is 16.5. The van der Waals surface area contributed by atoms with Crippen molar-refractivity contribution in [2.75, 3.05) is 6.61 Å². The van der Waals surface area contributed by atoms with Gasteiger partial charge in [0.25, 0.3) is 0 Å². The van der Waals surface area contributed by atoms with Gasteiger partial charge in [-0.25, -0.2) is 0 Å². The Kier molecular flexibility index (Phi) is 2.81. The molecular weight excluding hydrogens is 246 g/mol. The second-order valence-corrected chi connectivity index (χ2v) is 4.58. The summed E-state index contributed by atoms with van der Waals surface area (Å²) in [6.45, 7) is 2.11. The lowest BCUT2D eigenvalue weighted by molar-refractivity contribution is -0.142. The molecule has 0 bridgehead atoms. The van der Waals surface area contributed by atoms with Crippen LogP contribution >= 0.6 is 0 Å². The Bertz CT molecular complexity index is 671. The summed E-state index contributed by atoms with van der Waals surface area (Å²) in [7, 11) is 0. The summed E-state index contributed by atoms with van der Waals surface area (Å²) in [6, 6.07) is 3.77. The van der Waals surface area contributed by atoms with Crippen molar-refractivity contribution in [1.29, 1.82) is 0 Å². The van der Waals surface area contributed by atoms with Crippen LogP contribution in [0.3, 0.4) is 0 Å². The second-order valence-electron chi connectivity index (χ2n) is 4.58. The van der Waals surface area contributed by atoms with E-state index in [9.17, 15) is 9.59 Å². The molecule has 0 atom stereocenters. The summed E-state index contributed by atoms with van der Waals surface area (Å²) in [5.74, 6) is -0.139. The van der Waals surface area contributed by atoms with E-state index in [1.165, 1.54) is 0 Å². The molecule has 1 aliphatic carbocycles. The van der Waals surface area contributed by atoms with Crippen molar-refractivity contribution in [2.45, 2.75) is 26.2 Å². The van der Waals surface area contributed by atoms with Gasteiger partial charge in [0.05, 0.1) is 13.0 Å². The average Bonchev–Trinajstić information content (AvgIpc) is 2.92. The van der Waals surface area contributed by atoms with Crippen LogP contribution in [0.1, 0.15) is 23.7 Å². The lowest BCUT2D eigenvalue weighted by Crippen LogP contribution is -2.07. The normalized spacial score (nSPS) is 13.8. The summed E-state index contributed by atoms with van der Waals surface area (Å²) in [6.07, 6.45) is 0.938. The van der Waals surface area contributed by atoms with Gasteiger partial charge < -0.3 is 9.26 Å². The number of fused-ring (bicyclic) bond motifs is 3. The van der Waals surface area contributed by atoms with Gasteiger partial charge in [-0.3, -0.25) is 9.59 Å².